The van der Waals surface area contributed by atoms with Gasteiger partial charge in [-0.25, -0.2) is 8.42 Å². The molecule has 0 bridgehead atoms. The van der Waals surface area contributed by atoms with Crippen LogP contribution in [0.5, 0.6) is 0 Å². The third-order valence-electron chi connectivity index (χ3n) is 4.27. The van der Waals surface area contributed by atoms with Gasteiger partial charge < -0.3 is 5.73 Å². The molecule has 0 aromatic heterocycles. The molecule has 2 N–H and O–H groups in total. The number of hydrogen-bond acceptors (Lipinski definition) is 3. The average Bonchev–Trinajstić information content (AvgIpc) is 2.64. The highest BCUT2D eigenvalue weighted by Crippen LogP contribution is 2.32. The van der Waals surface area contributed by atoms with Crippen LogP contribution < -0.4 is 5.73 Å². The van der Waals surface area contributed by atoms with E-state index < -0.39 is 10.0 Å². The minimum atomic E-state index is -3.62. The molecule has 0 aliphatic carbocycles. The summed E-state index contributed by atoms with van der Waals surface area (Å²) in [5.74, 6) is 1.16. The molecule has 1 unspecified atom stereocenters. The molecule has 1 fully saturated rings. The van der Waals surface area contributed by atoms with Gasteiger partial charge in [0.15, 0.2) is 0 Å². The summed E-state index contributed by atoms with van der Waals surface area (Å²) in [6, 6.07) is 4.81. The Balaban J connectivity index is 2.28. The third-order valence-corrected chi connectivity index (χ3v) is 6.71. The summed E-state index contributed by atoms with van der Waals surface area (Å²) in [5, 5.41) is 0.194. The molecule has 2 rings (SSSR count). The van der Waals surface area contributed by atoms with Crippen LogP contribution >= 0.6 is 11.6 Å². The van der Waals surface area contributed by atoms with E-state index in [1.165, 1.54) is 4.31 Å². The zero-order chi connectivity index (χ0) is 15.6. The minimum Gasteiger partial charge on any atom is -0.398 e. The van der Waals surface area contributed by atoms with Crippen molar-refractivity contribution in [1.29, 1.82) is 0 Å². The van der Waals surface area contributed by atoms with Gasteiger partial charge >= 0.3 is 0 Å². The predicted molar refractivity (Wildman–Crippen MR) is 86.8 cm³/mol. The fraction of sp³-hybridized carbons (Fsp3) is 0.600. The molecule has 0 spiro atoms. The van der Waals surface area contributed by atoms with Gasteiger partial charge in [0, 0.05) is 13.1 Å². The first-order valence-corrected chi connectivity index (χ1v) is 9.20. The van der Waals surface area contributed by atoms with Crippen molar-refractivity contribution in [2.75, 3.05) is 18.8 Å². The third kappa shape index (κ3) is 3.52. The molecule has 21 heavy (non-hydrogen) atoms. The van der Waals surface area contributed by atoms with Crippen molar-refractivity contribution in [3.8, 4) is 0 Å². The second-order valence-electron chi connectivity index (χ2n) is 6.00. The SMILES string of the molecule is CC(C)C1CCCN(S(=O)(=O)c2c(N)cccc2Cl)CC1. The highest BCUT2D eigenvalue weighted by Gasteiger charge is 2.31. The Kier molecular flexibility index (Phi) is 5.17. The van der Waals surface area contributed by atoms with Crippen LogP contribution in [0.3, 0.4) is 0 Å². The van der Waals surface area contributed by atoms with Crippen molar-refractivity contribution in [3.63, 3.8) is 0 Å². The zero-order valence-electron chi connectivity index (χ0n) is 12.5. The Morgan fingerprint density at radius 1 is 1.29 bits per heavy atom. The van der Waals surface area contributed by atoms with Crippen molar-refractivity contribution in [3.05, 3.63) is 23.2 Å². The average molecular weight is 331 g/mol. The summed E-state index contributed by atoms with van der Waals surface area (Å²) in [6.07, 6.45) is 2.84. The minimum absolute atomic E-state index is 0.0506. The van der Waals surface area contributed by atoms with Crippen molar-refractivity contribution in [2.45, 2.75) is 38.0 Å². The first-order valence-electron chi connectivity index (χ1n) is 7.38. The Bertz CT molecular complexity index is 581. The molecular weight excluding hydrogens is 308 g/mol. The molecule has 1 aromatic carbocycles. The topological polar surface area (TPSA) is 63.4 Å². The Morgan fingerprint density at radius 3 is 2.62 bits per heavy atom. The van der Waals surface area contributed by atoms with Gasteiger partial charge in [-0.15, -0.1) is 0 Å². The first kappa shape index (κ1) is 16.6. The first-order chi connectivity index (χ1) is 9.84. The molecule has 1 heterocycles. The lowest BCUT2D eigenvalue weighted by Gasteiger charge is -2.22. The number of nitrogens with two attached hydrogens (primary N) is 1. The van der Waals surface area contributed by atoms with Gasteiger partial charge in [-0.3, -0.25) is 0 Å². The van der Waals surface area contributed by atoms with E-state index in [1.807, 2.05) is 0 Å². The molecule has 6 heteroatoms. The maximum atomic E-state index is 12.8. The fourth-order valence-corrected chi connectivity index (χ4v) is 5.06. The lowest BCUT2D eigenvalue weighted by molar-refractivity contribution is 0.341. The summed E-state index contributed by atoms with van der Waals surface area (Å²) in [4.78, 5) is 0.0506. The van der Waals surface area contributed by atoms with Gasteiger partial charge in [-0.05, 0) is 43.2 Å². The maximum absolute atomic E-state index is 12.8. The predicted octanol–water partition coefficient (Wildman–Crippen LogP) is 3.37. The van der Waals surface area contributed by atoms with Crippen LogP contribution in [-0.2, 0) is 10.0 Å². The van der Waals surface area contributed by atoms with E-state index in [0.717, 1.165) is 19.3 Å². The number of anilines is 1. The summed E-state index contributed by atoms with van der Waals surface area (Å²) >= 11 is 6.07. The number of nitrogen functional groups attached to an aromatic ring is 1. The van der Waals surface area contributed by atoms with Crippen LogP contribution in [0.1, 0.15) is 33.1 Å². The highest BCUT2D eigenvalue weighted by molar-refractivity contribution is 7.89. The van der Waals surface area contributed by atoms with E-state index in [1.54, 1.807) is 18.2 Å². The highest BCUT2D eigenvalue weighted by atomic mass is 35.5. The van der Waals surface area contributed by atoms with Crippen LogP contribution in [0.2, 0.25) is 5.02 Å². The zero-order valence-corrected chi connectivity index (χ0v) is 14.1. The molecule has 0 radical (unpaired) electrons. The molecule has 118 valence electrons. The molecule has 1 saturated heterocycles. The molecule has 0 amide bonds. The summed E-state index contributed by atoms with van der Waals surface area (Å²) in [5.41, 5.74) is 6.05. The molecule has 1 aromatic rings. The molecular formula is C15H23ClN2O2S. The molecule has 1 aliphatic rings. The smallest absolute Gasteiger partial charge is 0.246 e. The Labute approximate surface area is 132 Å². The number of halogens is 1. The van der Waals surface area contributed by atoms with Crippen LogP contribution in [0, 0.1) is 11.8 Å². The van der Waals surface area contributed by atoms with E-state index in [2.05, 4.69) is 13.8 Å². The van der Waals surface area contributed by atoms with Gasteiger partial charge in [0.05, 0.1) is 10.7 Å². The van der Waals surface area contributed by atoms with Gasteiger partial charge in [0.2, 0.25) is 10.0 Å². The number of rotatable bonds is 3. The van der Waals surface area contributed by atoms with Crippen molar-refractivity contribution in [1.82, 2.24) is 4.31 Å². The van der Waals surface area contributed by atoms with Crippen molar-refractivity contribution >= 4 is 27.3 Å². The Morgan fingerprint density at radius 2 is 2.00 bits per heavy atom. The van der Waals surface area contributed by atoms with Crippen LogP contribution in [-0.4, -0.2) is 25.8 Å². The largest absolute Gasteiger partial charge is 0.398 e. The van der Waals surface area contributed by atoms with E-state index >= 15 is 0 Å². The number of benzene rings is 1. The van der Waals surface area contributed by atoms with Gasteiger partial charge in [0.1, 0.15) is 4.90 Å². The fourth-order valence-electron chi connectivity index (χ4n) is 2.93. The molecule has 1 aliphatic heterocycles. The number of nitrogens with zero attached hydrogens (tertiary/aromatic N) is 1. The molecule has 0 saturated carbocycles. The number of sulfonamides is 1. The molecule has 4 nitrogen and oxygen atoms in total. The van der Waals surface area contributed by atoms with Gasteiger partial charge in [-0.1, -0.05) is 31.5 Å². The van der Waals surface area contributed by atoms with Gasteiger partial charge in [-0.2, -0.15) is 4.31 Å². The van der Waals surface area contributed by atoms with E-state index in [9.17, 15) is 8.42 Å². The second-order valence-corrected chi connectivity index (χ2v) is 8.28. The maximum Gasteiger partial charge on any atom is 0.246 e. The van der Waals surface area contributed by atoms with E-state index in [0.29, 0.717) is 24.9 Å². The molecule has 1 atom stereocenters. The number of hydrogen-bond donors (Lipinski definition) is 1. The van der Waals surface area contributed by atoms with Crippen LogP contribution in [0.15, 0.2) is 23.1 Å². The van der Waals surface area contributed by atoms with Crippen LogP contribution in [0.25, 0.3) is 0 Å². The second kappa shape index (κ2) is 6.55. The van der Waals surface area contributed by atoms with E-state index in [4.69, 9.17) is 17.3 Å². The monoisotopic (exact) mass is 330 g/mol. The summed E-state index contributed by atoms with van der Waals surface area (Å²) in [6.45, 7) is 5.47. The quantitative estimate of drug-likeness (QED) is 0.864. The van der Waals surface area contributed by atoms with E-state index in [-0.39, 0.29) is 15.6 Å². The Hall–Kier alpha value is -0.780. The summed E-state index contributed by atoms with van der Waals surface area (Å²) < 4.78 is 27.2. The van der Waals surface area contributed by atoms with Crippen molar-refractivity contribution < 1.29 is 8.42 Å². The lowest BCUT2D eigenvalue weighted by atomic mass is 9.89. The lowest BCUT2D eigenvalue weighted by Crippen LogP contribution is -2.33. The summed E-state index contributed by atoms with van der Waals surface area (Å²) in [7, 11) is -3.62. The standard InChI is InChI=1S/C15H23ClN2O2S/c1-11(2)12-5-4-9-18(10-8-12)21(19,20)15-13(16)6-3-7-14(15)17/h3,6-7,11-12H,4-5,8-10,17H2,1-2H3. The normalized spacial score (nSPS) is 21.4. The van der Waals surface area contributed by atoms with Crippen molar-refractivity contribution in [2.24, 2.45) is 11.8 Å². The van der Waals surface area contributed by atoms with Gasteiger partial charge in [0.25, 0.3) is 0 Å². The van der Waals surface area contributed by atoms with Crippen LogP contribution in [0.4, 0.5) is 5.69 Å².